The Morgan fingerprint density at radius 3 is 2.39 bits per heavy atom. The summed E-state index contributed by atoms with van der Waals surface area (Å²) < 4.78 is 0. The maximum absolute atomic E-state index is 11.0. The Morgan fingerprint density at radius 1 is 1.14 bits per heavy atom. The molecule has 3 rings (SSSR count). The highest BCUT2D eigenvalue weighted by Gasteiger charge is 2.26. The van der Waals surface area contributed by atoms with Crippen LogP contribution in [0, 0.1) is 0 Å². The highest BCUT2D eigenvalue weighted by atomic mass is 35.5. The second-order valence-electron chi connectivity index (χ2n) is 7.76. The first-order valence-electron chi connectivity index (χ1n) is 9.95. The number of carboxylic acid groups (broad SMARTS) is 1. The molecule has 3 nitrogen and oxygen atoms in total. The van der Waals surface area contributed by atoms with Crippen LogP contribution in [0.1, 0.15) is 50.7 Å². The molecule has 2 atom stereocenters. The van der Waals surface area contributed by atoms with Crippen LogP contribution in [0.15, 0.2) is 49.0 Å². The summed E-state index contributed by atoms with van der Waals surface area (Å²) in [5.41, 5.74) is 5.23. The van der Waals surface area contributed by atoms with Crippen molar-refractivity contribution in [3.8, 4) is 11.1 Å². The number of aliphatic carboxylic acids is 1. The van der Waals surface area contributed by atoms with Gasteiger partial charge in [0.25, 0.3) is 0 Å². The number of likely N-dealkylation sites (tertiary alicyclic amines) is 1. The molecule has 1 heterocycles. The van der Waals surface area contributed by atoms with E-state index in [1.54, 1.807) is 0 Å². The molecule has 0 spiro atoms. The molecule has 148 valence electrons. The average Bonchev–Trinajstić information content (AvgIpc) is 2.66. The third kappa shape index (κ3) is 4.59. The molecule has 0 saturated carbocycles. The van der Waals surface area contributed by atoms with Gasteiger partial charge in [-0.2, -0.15) is 0 Å². The molecule has 1 aliphatic heterocycles. The maximum atomic E-state index is 11.0. The molecule has 1 N–H and O–H groups in total. The highest BCUT2D eigenvalue weighted by Crippen LogP contribution is 2.33. The molecule has 1 fully saturated rings. The summed E-state index contributed by atoms with van der Waals surface area (Å²) >= 11 is 6.21. The quantitative estimate of drug-likeness (QED) is 0.625. The number of hydrogen-bond acceptors (Lipinski definition) is 2. The first-order chi connectivity index (χ1) is 13.4. The van der Waals surface area contributed by atoms with Crippen LogP contribution >= 0.6 is 11.6 Å². The van der Waals surface area contributed by atoms with Crippen molar-refractivity contribution in [3.05, 3.63) is 65.2 Å². The van der Waals surface area contributed by atoms with Gasteiger partial charge >= 0.3 is 5.97 Å². The zero-order chi connectivity index (χ0) is 20.3. The molecule has 0 radical (unpaired) electrons. The Bertz CT molecular complexity index is 849. The summed E-state index contributed by atoms with van der Waals surface area (Å²) in [4.78, 5) is 13.4. The van der Waals surface area contributed by atoms with Gasteiger partial charge in [-0.3, -0.25) is 4.79 Å². The lowest BCUT2D eigenvalue weighted by atomic mass is 9.93. The Morgan fingerprint density at radius 2 is 1.79 bits per heavy atom. The van der Waals surface area contributed by atoms with Gasteiger partial charge < -0.3 is 10.0 Å². The van der Waals surface area contributed by atoms with Crippen molar-refractivity contribution in [2.75, 3.05) is 0 Å². The molecule has 2 aromatic carbocycles. The van der Waals surface area contributed by atoms with Gasteiger partial charge in [-0.1, -0.05) is 48.5 Å². The smallest absolute Gasteiger partial charge is 0.303 e. The second kappa shape index (κ2) is 8.83. The van der Waals surface area contributed by atoms with Crippen molar-refractivity contribution in [2.24, 2.45) is 0 Å². The van der Waals surface area contributed by atoms with Crippen LogP contribution in [-0.4, -0.2) is 28.1 Å². The Hall–Kier alpha value is -2.26. The molecule has 4 heteroatoms. The van der Waals surface area contributed by atoms with E-state index in [0.29, 0.717) is 23.5 Å². The number of rotatable bonds is 6. The number of carboxylic acids is 1. The molecular weight excluding hydrogens is 370 g/mol. The van der Waals surface area contributed by atoms with E-state index in [1.165, 1.54) is 19.3 Å². The minimum absolute atomic E-state index is 0.105. The van der Waals surface area contributed by atoms with Crippen molar-refractivity contribution in [2.45, 2.75) is 58.0 Å². The fourth-order valence-corrected chi connectivity index (χ4v) is 4.39. The van der Waals surface area contributed by atoms with Crippen LogP contribution in [0.3, 0.4) is 0 Å². The Kier molecular flexibility index (Phi) is 6.46. The van der Waals surface area contributed by atoms with Gasteiger partial charge in [0.15, 0.2) is 0 Å². The molecule has 28 heavy (non-hydrogen) atoms. The lowest BCUT2D eigenvalue weighted by Crippen LogP contribution is -2.41. The molecule has 2 unspecified atom stereocenters. The van der Waals surface area contributed by atoms with Gasteiger partial charge in [-0.05, 0) is 73.9 Å². The Balaban J connectivity index is 1.85. The number of benzene rings is 2. The molecule has 0 aromatic heterocycles. The van der Waals surface area contributed by atoms with E-state index >= 15 is 0 Å². The third-order valence-corrected chi connectivity index (χ3v) is 5.95. The normalized spacial score (nSPS) is 19.5. The first kappa shape index (κ1) is 20.5. The summed E-state index contributed by atoms with van der Waals surface area (Å²) in [6.07, 6.45) is 4.28. The zero-order valence-electron chi connectivity index (χ0n) is 16.6. The Labute approximate surface area is 172 Å². The molecule has 0 bridgehead atoms. The number of hydrogen-bond donors (Lipinski definition) is 1. The SMILES string of the molecule is C=C(c1ccc(-c2cc(Cl)ccc2CCC(=O)O)cc1)N1C(C)CCCC1C. The van der Waals surface area contributed by atoms with Gasteiger partial charge in [0.2, 0.25) is 0 Å². The van der Waals surface area contributed by atoms with Gasteiger partial charge in [-0.25, -0.2) is 0 Å². The fraction of sp³-hybridized carbons (Fsp3) is 0.375. The van der Waals surface area contributed by atoms with Gasteiger partial charge in [0, 0.05) is 29.2 Å². The van der Waals surface area contributed by atoms with Crippen molar-refractivity contribution in [3.63, 3.8) is 0 Å². The number of piperidine rings is 1. The summed E-state index contributed by atoms with van der Waals surface area (Å²) in [5.74, 6) is -0.794. The van der Waals surface area contributed by atoms with Crippen LogP contribution in [0.4, 0.5) is 0 Å². The molecular formula is C24H28ClNO2. The minimum atomic E-state index is -0.794. The number of halogens is 1. The fourth-order valence-electron chi connectivity index (χ4n) is 4.22. The van der Waals surface area contributed by atoms with Crippen molar-refractivity contribution < 1.29 is 9.90 Å². The lowest BCUT2D eigenvalue weighted by Gasteiger charge is -2.42. The summed E-state index contributed by atoms with van der Waals surface area (Å²) in [6.45, 7) is 8.92. The van der Waals surface area contributed by atoms with Crippen LogP contribution in [-0.2, 0) is 11.2 Å². The van der Waals surface area contributed by atoms with E-state index in [1.807, 2.05) is 18.2 Å². The van der Waals surface area contributed by atoms with Crippen LogP contribution in [0.2, 0.25) is 5.02 Å². The lowest BCUT2D eigenvalue weighted by molar-refractivity contribution is -0.136. The van der Waals surface area contributed by atoms with Crippen LogP contribution in [0.5, 0.6) is 0 Å². The number of aryl methyl sites for hydroxylation is 1. The van der Waals surface area contributed by atoms with Crippen molar-refractivity contribution in [1.82, 2.24) is 4.90 Å². The number of nitrogens with zero attached hydrogens (tertiary/aromatic N) is 1. The van der Waals surface area contributed by atoms with Crippen LogP contribution in [0.25, 0.3) is 16.8 Å². The summed E-state index contributed by atoms with van der Waals surface area (Å²) in [6, 6.07) is 15.0. The van der Waals surface area contributed by atoms with Crippen LogP contribution < -0.4 is 0 Å². The van der Waals surface area contributed by atoms with E-state index in [4.69, 9.17) is 16.7 Å². The molecule has 2 aromatic rings. The summed E-state index contributed by atoms with van der Waals surface area (Å²) in [7, 11) is 0. The minimum Gasteiger partial charge on any atom is -0.481 e. The maximum Gasteiger partial charge on any atom is 0.303 e. The van der Waals surface area contributed by atoms with Crippen molar-refractivity contribution in [1.29, 1.82) is 0 Å². The number of carbonyl (C=O) groups is 1. The molecule has 0 amide bonds. The molecule has 0 aliphatic carbocycles. The highest BCUT2D eigenvalue weighted by molar-refractivity contribution is 6.30. The summed E-state index contributed by atoms with van der Waals surface area (Å²) in [5, 5.41) is 9.67. The monoisotopic (exact) mass is 397 g/mol. The topological polar surface area (TPSA) is 40.5 Å². The van der Waals surface area contributed by atoms with Crippen molar-refractivity contribution >= 4 is 23.3 Å². The standard InChI is InChI=1S/C24H28ClNO2/c1-16-5-4-6-17(2)26(16)18(3)19-7-9-20(10-8-19)23-15-22(25)13-11-21(23)12-14-24(27)28/h7-11,13,15-17H,3-6,12,14H2,1-2H3,(H,27,28). The second-order valence-corrected chi connectivity index (χ2v) is 8.19. The third-order valence-electron chi connectivity index (χ3n) is 5.71. The van der Waals surface area contributed by atoms with E-state index in [9.17, 15) is 4.79 Å². The molecule has 1 saturated heterocycles. The average molecular weight is 398 g/mol. The predicted octanol–water partition coefficient (Wildman–Crippen LogP) is 6.26. The van der Waals surface area contributed by atoms with Gasteiger partial charge in [0.1, 0.15) is 0 Å². The zero-order valence-corrected chi connectivity index (χ0v) is 17.4. The predicted molar refractivity (Wildman–Crippen MR) is 116 cm³/mol. The molecule has 1 aliphatic rings. The van der Waals surface area contributed by atoms with Gasteiger partial charge in [-0.15, -0.1) is 0 Å². The first-order valence-corrected chi connectivity index (χ1v) is 10.3. The van der Waals surface area contributed by atoms with E-state index in [2.05, 4.69) is 49.6 Å². The van der Waals surface area contributed by atoms with Gasteiger partial charge in [0.05, 0.1) is 0 Å². The van der Waals surface area contributed by atoms with E-state index < -0.39 is 5.97 Å². The van der Waals surface area contributed by atoms with E-state index in [-0.39, 0.29) is 6.42 Å². The van der Waals surface area contributed by atoms with E-state index in [0.717, 1.165) is 28.0 Å². The largest absolute Gasteiger partial charge is 0.481 e.